The third kappa shape index (κ3) is 3.39. The van der Waals surface area contributed by atoms with Gasteiger partial charge in [0.1, 0.15) is 11.8 Å². The van der Waals surface area contributed by atoms with E-state index in [0.29, 0.717) is 0 Å². The second-order valence-electron chi connectivity index (χ2n) is 0.512. The van der Waals surface area contributed by atoms with Crippen LogP contribution in [0.25, 0.3) is 0 Å². The van der Waals surface area contributed by atoms with Crippen LogP contribution in [0.5, 0.6) is 0 Å². The molecule has 1 nitrogen and oxygen atoms in total. The molecule has 0 aromatic heterocycles. The van der Waals surface area contributed by atoms with Crippen molar-refractivity contribution >= 4 is 0 Å². The molecule has 5 heavy (non-hydrogen) atoms. The Bertz CT molecular complexity index is 50.7. The van der Waals surface area contributed by atoms with Crippen molar-refractivity contribution in [1.82, 2.24) is 0 Å². The highest BCUT2D eigenvalue weighted by Gasteiger charge is 1.64. The van der Waals surface area contributed by atoms with Crippen molar-refractivity contribution < 1.29 is 5.11 Å². The Morgan fingerprint density at radius 1 is 2.00 bits per heavy atom. The quantitative estimate of drug-likeness (QED) is 0.342. The zero-order chi connectivity index (χ0) is 4.12. The molecule has 0 fully saturated rings. The van der Waals surface area contributed by atoms with Crippen LogP contribution in [0, 0.1) is 6.08 Å². The Hall–Kier alpha value is -0.610. The molecule has 0 atom stereocenters. The van der Waals surface area contributed by atoms with E-state index in [2.05, 4.69) is 18.4 Å². The lowest BCUT2D eigenvalue weighted by Crippen LogP contribution is -1.65. The van der Waals surface area contributed by atoms with Crippen molar-refractivity contribution in [1.29, 1.82) is 0 Å². The summed E-state index contributed by atoms with van der Waals surface area (Å²) in [5.41, 5.74) is 2.27. The van der Waals surface area contributed by atoms with Gasteiger partial charge in [0, 0.05) is 0 Å². The summed E-state index contributed by atoms with van der Waals surface area (Å²) in [6, 6.07) is 0. The van der Waals surface area contributed by atoms with Gasteiger partial charge in [-0.3, -0.25) is 0 Å². The third-order valence-electron chi connectivity index (χ3n) is 0.204. The molecule has 0 saturated heterocycles. The van der Waals surface area contributed by atoms with Crippen molar-refractivity contribution in [2.45, 2.75) is 0 Å². The fourth-order valence-corrected chi connectivity index (χ4v) is 0.0559. The zero-order valence-corrected chi connectivity index (χ0v) is 2.86. The highest BCUT2D eigenvalue weighted by atomic mass is 16.2. The molecule has 0 radical (unpaired) electrons. The summed E-state index contributed by atoms with van der Waals surface area (Å²) in [6.45, 7) is 3.07. The highest BCUT2D eigenvalue weighted by Crippen LogP contribution is 1.49. The van der Waals surface area contributed by atoms with Crippen LogP contribution in [0.15, 0.2) is 12.3 Å². The van der Waals surface area contributed by atoms with E-state index in [1.165, 1.54) is 0 Å². The van der Waals surface area contributed by atoms with Gasteiger partial charge in [-0.2, -0.15) is 0 Å². The number of rotatable bonds is 1. The summed E-state index contributed by atoms with van der Waals surface area (Å²) < 4.78 is 0. The van der Waals surface area contributed by atoms with Gasteiger partial charge in [0.2, 0.25) is 0 Å². The Balaban J connectivity index is 2.93. The van der Waals surface area contributed by atoms with E-state index < -0.39 is 0 Å². The van der Waals surface area contributed by atoms with Gasteiger partial charge >= 0.3 is 0 Å². The average molecular weight is 69.1 g/mol. The van der Waals surface area contributed by atoms with Crippen molar-refractivity contribution in [2.75, 3.05) is 6.61 Å². The van der Waals surface area contributed by atoms with E-state index in [-0.39, 0.29) is 6.61 Å². The first kappa shape index (κ1) is 4.39. The summed E-state index contributed by atoms with van der Waals surface area (Å²) in [5.74, 6) is 0. The summed E-state index contributed by atoms with van der Waals surface area (Å²) >= 11 is 0. The van der Waals surface area contributed by atoms with E-state index in [4.69, 9.17) is 5.11 Å². The molecule has 0 unspecified atom stereocenters. The lowest BCUT2D eigenvalue weighted by Gasteiger charge is -1.49. The van der Waals surface area contributed by atoms with E-state index in [9.17, 15) is 0 Å². The first-order valence-corrected chi connectivity index (χ1v) is 1.27. The first-order valence-electron chi connectivity index (χ1n) is 1.27. The molecule has 0 amide bonds. The molecule has 0 rings (SSSR count). The van der Waals surface area contributed by atoms with Gasteiger partial charge in [0.05, 0.1) is 6.58 Å². The Labute approximate surface area is 31.2 Å². The van der Waals surface area contributed by atoms with Gasteiger partial charge in [-0.05, 0) is 0 Å². The van der Waals surface area contributed by atoms with Crippen LogP contribution < -0.4 is 0 Å². The molecule has 0 aromatic rings. The summed E-state index contributed by atoms with van der Waals surface area (Å²) in [4.78, 5) is 0. The van der Waals surface area contributed by atoms with Crippen LogP contribution in [0.4, 0.5) is 0 Å². The second-order valence-corrected chi connectivity index (χ2v) is 0.512. The van der Waals surface area contributed by atoms with Gasteiger partial charge in [0.25, 0.3) is 0 Å². The Kier molecular flexibility index (Phi) is 2.98. The zero-order valence-electron chi connectivity index (χ0n) is 2.86. The van der Waals surface area contributed by atoms with Crippen molar-refractivity contribution in [3.63, 3.8) is 0 Å². The molecular weight excluding hydrogens is 64.0 g/mol. The lowest BCUT2D eigenvalue weighted by molar-refractivity contribution is 0.337. The maximum absolute atomic E-state index is 7.85. The van der Waals surface area contributed by atoms with Crippen LogP contribution >= 0.6 is 0 Å². The molecular formula is C4H5O+. The number of aliphatic hydroxyl groups excluding tert-OH is 1. The van der Waals surface area contributed by atoms with E-state index >= 15 is 0 Å². The van der Waals surface area contributed by atoms with Crippen LogP contribution in [0.2, 0.25) is 0 Å². The first-order chi connectivity index (χ1) is 2.41. The van der Waals surface area contributed by atoms with Crippen molar-refractivity contribution in [2.24, 2.45) is 0 Å². The molecule has 0 heterocycles. The van der Waals surface area contributed by atoms with Crippen molar-refractivity contribution in [3.8, 4) is 0 Å². The smallest absolute Gasteiger partial charge is 0.190 e. The van der Waals surface area contributed by atoms with Crippen LogP contribution in [0.1, 0.15) is 0 Å². The van der Waals surface area contributed by atoms with Crippen LogP contribution in [0.3, 0.4) is 0 Å². The summed E-state index contributed by atoms with van der Waals surface area (Å²) in [7, 11) is 0. The third-order valence-corrected chi connectivity index (χ3v) is 0.204. The SMILES string of the molecule is C=C=[C+]CO. The molecule has 26 valence electrons. The largest absolute Gasteiger partial charge is 0.365 e. The van der Waals surface area contributed by atoms with Crippen LogP contribution in [-0.2, 0) is 0 Å². The second kappa shape index (κ2) is 3.39. The highest BCUT2D eigenvalue weighted by molar-refractivity contribution is 4.62. The predicted molar refractivity (Wildman–Crippen MR) is 19.5 cm³/mol. The molecule has 0 aliphatic carbocycles. The van der Waals surface area contributed by atoms with Gasteiger partial charge in [-0.1, -0.05) is 0 Å². The fourth-order valence-electron chi connectivity index (χ4n) is 0.0559. The monoisotopic (exact) mass is 69.0 g/mol. The number of hydrogen-bond acceptors (Lipinski definition) is 1. The summed E-state index contributed by atoms with van der Waals surface area (Å²) in [6.07, 6.45) is 2.31. The van der Waals surface area contributed by atoms with Gasteiger partial charge < -0.3 is 5.11 Å². The molecule has 0 aliphatic rings. The minimum Gasteiger partial charge on any atom is -0.365 e. The fraction of sp³-hybridized carbons (Fsp3) is 0.250. The Morgan fingerprint density at radius 2 is 2.60 bits per heavy atom. The maximum atomic E-state index is 7.85. The standard InChI is InChI=1S/C4H5O/c1-2-3-4-5/h5H,1,4H2/q+1. The van der Waals surface area contributed by atoms with Gasteiger partial charge in [-0.15, -0.1) is 0 Å². The minimum atomic E-state index is -0.0799. The predicted octanol–water partition coefficient (Wildman–Crippen LogP) is 0.123. The van der Waals surface area contributed by atoms with E-state index in [1.807, 2.05) is 0 Å². The molecule has 0 saturated carbocycles. The van der Waals surface area contributed by atoms with E-state index in [0.717, 1.165) is 0 Å². The summed E-state index contributed by atoms with van der Waals surface area (Å²) in [5, 5.41) is 7.85. The molecule has 0 aromatic carbocycles. The molecule has 0 spiro atoms. The Morgan fingerprint density at radius 3 is 2.60 bits per heavy atom. The molecule has 1 N–H and O–H groups in total. The normalized spacial score (nSPS) is 5.00. The van der Waals surface area contributed by atoms with Crippen LogP contribution in [-0.4, -0.2) is 11.7 Å². The topological polar surface area (TPSA) is 20.2 Å². The van der Waals surface area contributed by atoms with Gasteiger partial charge in [0.15, 0.2) is 6.61 Å². The average Bonchev–Trinajstić information content (AvgIpc) is 1.41. The molecule has 0 bridgehead atoms. The number of aliphatic hydroxyl groups is 1. The van der Waals surface area contributed by atoms with E-state index in [1.54, 1.807) is 0 Å². The number of hydrogen-bond donors (Lipinski definition) is 1. The minimum absolute atomic E-state index is 0.0799. The lowest BCUT2D eigenvalue weighted by atomic mass is 10.7. The maximum Gasteiger partial charge on any atom is 0.190 e. The van der Waals surface area contributed by atoms with Crippen molar-refractivity contribution in [3.05, 3.63) is 18.4 Å². The molecule has 0 aliphatic heterocycles. The van der Waals surface area contributed by atoms with Gasteiger partial charge in [-0.25, -0.2) is 0 Å². The molecule has 1 heteroatoms.